The molecule has 1 aliphatic rings. The largest absolute Gasteiger partial charge is 0.359 e. The Kier molecular flexibility index (Phi) is 5.29. The molecule has 1 saturated heterocycles. The predicted octanol–water partition coefficient (Wildman–Crippen LogP) is 2.58. The summed E-state index contributed by atoms with van der Waals surface area (Å²) in [5.74, 6) is -0.194. The minimum Gasteiger partial charge on any atom is -0.359 e. The highest BCUT2D eigenvalue weighted by atomic mass is 35.5. The van der Waals surface area contributed by atoms with Gasteiger partial charge in [0.25, 0.3) is 5.91 Å². The number of nitrogens with one attached hydrogen (secondary N) is 2. The Morgan fingerprint density at radius 1 is 1.08 bits per heavy atom. The lowest BCUT2D eigenvalue weighted by Gasteiger charge is -2.33. The summed E-state index contributed by atoms with van der Waals surface area (Å²) in [5.41, 5.74) is 2.26. The van der Waals surface area contributed by atoms with Crippen LogP contribution in [0.5, 0.6) is 0 Å². The fraction of sp³-hybridized carbons (Fsp3) is 0.278. The summed E-state index contributed by atoms with van der Waals surface area (Å²) in [7, 11) is 2.20. The molecule has 0 radical (unpaired) electrons. The molecule has 0 unspecified atom stereocenters. The van der Waals surface area contributed by atoms with Crippen LogP contribution in [0, 0.1) is 0 Å². The van der Waals surface area contributed by atoms with Crippen molar-refractivity contribution in [2.45, 2.75) is 0 Å². The van der Waals surface area contributed by atoms with Crippen LogP contribution in [0.15, 0.2) is 42.5 Å². The van der Waals surface area contributed by atoms with Crippen molar-refractivity contribution in [1.82, 2.24) is 0 Å². The third-order valence-corrected chi connectivity index (χ3v) is 4.72. The number of hydrogen-bond donors (Lipinski definition) is 2. The van der Waals surface area contributed by atoms with Gasteiger partial charge in [0.15, 0.2) is 0 Å². The first-order chi connectivity index (χ1) is 11.5. The molecule has 0 spiro atoms. The number of hydrogen-bond acceptors (Lipinski definition) is 2. The van der Waals surface area contributed by atoms with Crippen molar-refractivity contribution < 1.29 is 9.69 Å². The van der Waals surface area contributed by atoms with Crippen LogP contribution in [-0.4, -0.2) is 39.1 Å². The average Bonchev–Trinajstić information content (AvgIpc) is 2.56. The van der Waals surface area contributed by atoms with Crippen molar-refractivity contribution in [1.29, 1.82) is 0 Å². The quantitative estimate of drug-likeness (QED) is 0.877. The summed E-state index contributed by atoms with van der Waals surface area (Å²) in [6.07, 6.45) is 0. The van der Waals surface area contributed by atoms with Crippen molar-refractivity contribution in [3.8, 4) is 0 Å². The van der Waals surface area contributed by atoms with Gasteiger partial charge in [0.2, 0.25) is 0 Å². The van der Waals surface area contributed by atoms with Gasteiger partial charge >= 0.3 is 0 Å². The van der Waals surface area contributed by atoms with Crippen molar-refractivity contribution in [2.24, 2.45) is 0 Å². The molecule has 6 heteroatoms. The zero-order chi connectivity index (χ0) is 17.1. The van der Waals surface area contributed by atoms with E-state index < -0.39 is 0 Å². The second kappa shape index (κ2) is 7.43. The Morgan fingerprint density at radius 2 is 1.79 bits per heavy atom. The Morgan fingerprint density at radius 3 is 2.50 bits per heavy atom. The third-order valence-electron chi connectivity index (χ3n) is 4.25. The number of halogens is 2. The number of likely N-dealkylation sites (N-methyl/N-ethyl adjacent to an activating group) is 1. The topological polar surface area (TPSA) is 36.8 Å². The van der Waals surface area contributed by atoms with Gasteiger partial charge in [-0.15, -0.1) is 0 Å². The average molecular weight is 365 g/mol. The van der Waals surface area contributed by atoms with E-state index in [0.717, 1.165) is 37.6 Å². The normalized spacial score (nSPS) is 15.4. The number of nitrogens with zero attached hydrogens (tertiary/aromatic N) is 1. The molecule has 2 N–H and O–H groups in total. The molecule has 1 aliphatic heterocycles. The number of anilines is 2. The lowest BCUT2D eigenvalue weighted by Crippen LogP contribution is -3.12. The summed E-state index contributed by atoms with van der Waals surface area (Å²) in [6, 6.07) is 12.5. The SMILES string of the molecule is C[NH+]1CCN(c2ccc(Cl)cc2NC(=O)c2cccc(Cl)c2)CC1. The van der Waals surface area contributed by atoms with Crippen molar-refractivity contribution >= 4 is 40.5 Å². The van der Waals surface area contributed by atoms with Gasteiger partial charge in [-0.25, -0.2) is 0 Å². The molecular weight excluding hydrogens is 345 g/mol. The van der Waals surface area contributed by atoms with E-state index in [9.17, 15) is 4.79 Å². The number of carbonyl (C=O) groups is 1. The predicted molar refractivity (Wildman–Crippen MR) is 99.7 cm³/mol. The number of amides is 1. The van der Waals surface area contributed by atoms with Crippen LogP contribution < -0.4 is 15.1 Å². The second-order valence-electron chi connectivity index (χ2n) is 6.07. The molecule has 0 saturated carbocycles. The molecule has 1 heterocycles. The van der Waals surface area contributed by atoms with Crippen molar-refractivity contribution in [3.05, 3.63) is 58.1 Å². The Bertz CT molecular complexity index is 743. The van der Waals surface area contributed by atoms with E-state index in [0.29, 0.717) is 15.6 Å². The molecule has 126 valence electrons. The zero-order valence-electron chi connectivity index (χ0n) is 13.5. The van der Waals surface area contributed by atoms with Gasteiger partial charge in [0.05, 0.1) is 44.6 Å². The second-order valence-corrected chi connectivity index (χ2v) is 6.94. The van der Waals surface area contributed by atoms with Crippen LogP contribution in [0.3, 0.4) is 0 Å². The molecule has 24 heavy (non-hydrogen) atoms. The molecule has 4 nitrogen and oxygen atoms in total. The van der Waals surface area contributed by atoms with Gasteiger partial charge in [0, 0.05) is 15.6 Å². The highest BCUT2D eigenvalue weighted by Crippen LogP contribution is 2.30. The maximum Gasteiger partial charge on any atom is 0.255 e. The molecule has 2 aromatic rings. The van der Waals surface area contributed by atoms with Gasteiger partial charge in [-0.1, -0.05) is 29.3 Å². The van der Waals surface area contributed by atoms with Crippen LogP contribution >= 0.6 is 23.2 Å². The maximum atomic E-state index is 12.5. The zero-order valence-corrected chi connectivity index (χ0v) is 15.0. The van der Waals surface area contributed by atoms with E-state index >= 15 is 0 Å². The van der Waals surface area contributed by atoms with E-state index in [1.807, 2.05) is 12.1 Å². The molecule has 3 rings (SSSR count). The van der Waals surface area contributed by atoms with E-state index in [-0.39, 0.29) is 5.91 Å². The van der Waals surface area contributed by atoms with Crippen LogP contribution in [0.25, 0.3) is 0 Å². The van der Waals surface area contributed by atoms with E-state index in [4.69, 9.17) is 23.2 Å². The molecule has 1 fully saturated rings. The van der Waals surface area contributed by atoms with E-state index in [1.165, 1.54) is 4.90 Å². The molecule has 2 aromatic carbocycles. The fourth-order valence-electron chi connectivity index (χ4n) is 2.84. The molecule has 0 aromatic heterocycles. The molecule has 0 bridgehead atoms. The Balaban J connectivity index is 1.84. The maximum absolute atomic E-state index is 12.5. The number of benzene rings is 2. The lowest BCUT2D eigenvalue weighted by molar-refractivity contribution is -0.880. The van der Waals surface area contributed by atoms with Gasteiger partial charge in [0.1, 0.15) is 0 Å². The first-order valence-electron chi connectivity index (χ1n) is 7.95. The smallest absolute Gasteiger partial charge is 0.255 e. The Hall–Kier alpha value is -1.75. The summed E-state index contributed by atoms with van der Waals surface area (Å²) in [5, 5.41) is 4.11. The van der Waals surface area contributed by atoms with Crippen molar-refractivity contribution in [3.63, 3.8) is 0 Å². The summed E-state index contributed by atoms with van der Waals surface area (Å²) in [4.78, 5) is 16.3. The number of rotatable bonds is 3. The Labute approximate surface area is 152 Å². The van der Waals surface area contributed by atoms with Crippen LogP contribution in [-0.2, 0) is 0 Å². The molecule has 0 aliphatic carbocycles. The first-order valence-corrected chi connectivity index (χ1v) is 8.71. The summed E-state index contributed by atoms with van der Waals surface area (Å²) in [6.45, 7) is 4.05. The molecule has 0 atom stereocenters. The minimum atomic E-state index is -0.194. The highest BCUT2D eigenvalue weighted by molar-refractivity contribution is 6.31. The number of quaternary nitrogens is 1. The minimum absolute atomic E-state index is 0.194. The lowest BCUT2D eigenvalue weighted by atomic mass is 10.1. The van der Waals surface area contributed by atoms with E-state index in [1.54, 1.807) is 30.3 Å². The van der Waals surface area contributed by atoms with Gasteiger partial charge in [-0.3, -0.25) is 4.79 Å². The van der Waals surface area contributed by atoms with Gasteiger partial charge < -0.3 is 15.1 Å². The summed E-state index contributed by atoms with van der Waals surface area (Å²) >= 11 is 12.1. The fourth-order valence-corrected chi connectivity index (χ4v) is 3.20. The van der Waals surface area contributed by atoms with Crippen LogP contribution in [0.1, 0.15) is 10.4 Å². The summed E-state index contributed by atoms with van der Waals surface area (Å²) < 4.78 is 0. The third kappa shape index (κ3) is 4.01. The highest BCUT2D eigenvalue weighted by Gasteiger charge is 2.20. The standard InChI is InChI=1S/C18H19Cl2N3O/c1-22-7-9-23(10-8-22)17-6-5-15(20)12-16(17)21-18(24)13-3-2-4-14(19)11-13/h2-6,11-12H,7-10H2,1H3,(H,21,24)/p+1. The van der Waals surface area contributed by atoms with Crippen LogP contribution in [0.4, 0.5) is 11.4 Å². The molecule has 1 amide bonds. The van der Waals surface area contributed by atoms with Gasteiger partial charge in [-0.05, 0) is 36.4 Å². The van der Waals surface area contributed by atoms with Gasteiger partial charge in [-0.2, -0.15) is 0 Å². The number of piperazine rings is 1. The first kappa shape index (κ1) is 17.1. The van der Waals surface area contributed by atoms with Crippen molar-refractivity contribution in [2.75, 3.05) is 43.4 Å². The van der Waals surface area contributed by atoms with Crippen LogP contribution in [0.2, 0.25) is 10.0 Å². The number of carbonyl (C=O) groups excluding carboxylic acids is 1. The molecular formula is C18H20Cl2N3O+. The monoisotopic (exact) mass is 364 g/mol. The van der Waals surface area contributed by atoms with E-state index in [2.05, 4.69) is 17.3 Å².